The molecule has 1 N–H and O–H groups in total. The Kier molecular flexibility index (Phi) is 5.38. The van der Waals surface area contributed by atoms with E-state index in [4.69, 9.17) is 0 Å². The molecule has 0 bridgehead atoms. The summed E-state index contributed by atoms with van der Waals surface area (Å²) in [4.78, 5) is 16.8. The highest BCUT2D eigenvalue weighted by Crippen LogP contribution is 2.36. The van der Waals surface area contributed by atoms with Gasteiger partial charge >= 0.3 is 6.18 Å². The topological polar surface area (TPSA) is 59.8 Å². The number of amides is 1. The Bertz CT molecular complexity index is 1090. The number of carbonyl (C=O) groups is 1. The smallest absolute Gasteiger partial charge is 0.348 e. The van der Waals surface area contributed by atoms with E-state index in [-0.39, 0.29) is 40.9 Å². The summed E-state index contributed by atoms with van der Waals surface area (Å²) in [7, 11) is 0. The van der Waals surface area contributed by atoms with Crippen LogP contribution in [0.1, 0.15) is 46.6 Å². The predicted molar refractivity (Wildman–Crippen MR) is 104 cm³/mol. The van der Waals surface area contributed by atoms with Crippen LogP contribution in [0.25, 0.3) is 11.0 Å². The van der Waals surface area contributed by atoms with Gasteiger partial charge in [-0.15, -0.1) is 0 Å². The number of carbonyl (C=O) groups excluding carboxylic acids is 1. The van der Waals surface area contributed by atoms with E-state index in [0.717, 1.165) is 22.8 Å². The van der Waals surface area contributed by atoms with Crippen LogP contribution < -0.4 is 5.32 Å². The van der Waals surface area contributed by atoms with Crippen molar-refractivity contribution in [2.24, 2.45) is 0 Å². The molecule has 154 valence electrons. The van der Waals surface area contributed by atoms with Crippen LogP contribution >= 0.6 is 0 Å². The van der Waals surface area contributed by atoms with Gasteiger partial charge in [0.25, 0.3) is 0 Å². The van der Waals surface area contributed by atoms with Gasteiger partial charge in [-0.1, -0.05) is 23.8 Å². The molecule has 2 heterocycles. The average molecular weight is 404 g/mol. The number of benzene rings is 1. The number of hydrogen-bond donors (Lipinski definition) is 1. The third-order valence-corrected chi connectivity index (χ3v) is 4.87. The lowest BCUT2D eigenvalue weighted by molar-refractivity contribution is -0.136. The maximum atomic E-state index is 13.4. The fraction of sp³-hybridized carbons (Fsp3) is 0.381. The number of nitrogens with one attached hydrogen (secondary N) is 1. The molecule has 3 aromatic rings. The van der Waals surface area contributed by atoms with Gasteiger partial charge in [-0.3, -0.25) is 4.79 Å². The third-order valence-electron chi connectivity index (χ3n) is 4.87. The number of aromatic nitrogens is 3. The lowest BCUT2D eigenvalue weighted by Crippen LogP contribution is -2.31. The van der Waals surface area contributed by atoms with E-state index in [1.54, 1.807) is 0 Å². The number of fused-ring (bicyclic) bond motifs is 1. The van der Waals surface area contributed by atoms with Crippen LogP contribution in [-0.2, 0) is 17.5 Å². The molecule has 1 unspecified atom stereocenters. The molecule has 5 nitrogen and oxygen atoms in total. The lowest BCUT2D eigenvalue weighted by atomic mass is 10.0. The minimum Gasteiger partial charge on any atom is -0.348 e. The predicted octanol–water partition coefficient (Wildman–Crippen LogP) is 4.56. The van der Waals surface area contributed by atoms with Crippen LogP contribution in [0.3, 0.4) is 0 Å². The van der Waals surface area contributed by atoms with Crippen LogP contribution in [0.2, 0.25) is 0 Å². The molecule has 0 saturated heterocycles. The van der Waals surface area contributed by atoms with Crippen molar-refractivity contribution in [3.63, 3.8) is 0 Å². The van der Waals surface area contributed by atoms with Crippen molar-refractivity contribution < 1.29 is 18.0 Å². The number of alkyl halides is 3. The van der Waals surface area contributed by atoms with Crippen LogP contribution in [0.15, 0.2) is 24.3 Å². The molecule has 0 aliphatic heterocycles. The molecule has 0 aliphatic rings. The van der Waals surface area contributed by atoms with E-state index in [1.165, 1.54) is 18.5 Å². The van der Waals surface area contributed by atoms with E-state index in [0.29, 0.717) is 0 Å². The molecule has 0 fully saturated rings. The Labute approximate surface area is 166 Å². The van der Waals surface area contributed by atoms with Gasteiger partial charge in [0.15, 0.2) is 5.65 Å². The second-order valence-corrected chi connectivity index (χ2v) is 7.40. The van der Waals surface area contributed by atoms with Crippen LogP contribution in [0, 0.1) is 27.7 Å². The monoisotopic (exact) mass is 404 g/mol. The number of hydrogen-bond acceptors (Lipinski definition) is 3. The quantitative estimate of drug-likeness (QED) is 0.693. The number of aryl methyl sites for hydroxylation is 4. The van der Waals surface area contributed by atoms with Crippen LogP contribution in [-0.4, -0.2) is 20.7 Å². The molecule has 0 aliphatic carbocycles. The molecule has 0 spiro atoms. The molecule has 1 amide bonds. The SMILES string of the molecule is Cc1ccc(C(C)NC(=O)Cn2nc(C)c3c(C(F)(F)F)cc(C)nc32)c(C)c1. The van der Waals surface area contributed by atoms with Crippen LogP contribution in [0.4, 0.5) is 13.2 Å². The Morgan fingerprint density at radius 3 is 2.48 bits per heavy atom. The standard InChI is InChI=1S/C21H23F3N4O/c1-11-6-7-16(12(2)8-11)14(4)26-18(29)10-28-20-19(15(5)27-28)17(21(22,23)24)9-13(3)25-20/h6-9,14H,10H2,1-5H3,(H,26,29). The summed E-state index contributed by atoms with van der Waals surface area (Å²) in [5.41, 5.74) is 2.86. The van der Waals surface area contributed by atoms with E-state index in [2.05, 4.69) is 15.4 Å². The van der Waals surface area contributed by atoms with Gasteiger partial charge in [-0.25, -0.2) is 9.67 Å². The molecule has 2 aromatic heterocycles. The summed E-state index contributed by atoms with van der Waals surface area (Å²) in [6.45, 7) is 8.60. The number of rotatable bonds is 4. The zero-order valence-electron chi connectivity index (χ0n) is 17.0. The Hall–Kier alpha value is -2.90. The fourth-order valence-corrected chi connectivity index (χ4v) is 3.62. The maximum absolute atomic E-state index is 13.4. The Morgan fingerprint density at radius 1 is 1.17 bits per heavy atom. The van der Waals surface area contributed by atoms with E-state index >= 15 is 0 Å². The average Bonchev–Trinajstić information content (AvgIpc) is 2.88. The minimum atomic E-state index is -4.52. The molecular formula is C21H23F3N4O. The van der Waals surface area contributed by atoms with Crippen molar-refractivity contribution in [3.05, 3.63) is 57.9 Å². The fourth-order valence-electron chi connectivity index (χ4n) is 3.62. The van der Waals surface area contributed by atoms with Crippen molar-refractivity contribution in [1.29, 1.82) is 0 Å². The first kappa shape index (κ1) is 20.8. The van der Waals surface area contributed by atoms with Crippen molar-refractivity contribution in [3.8, 4) is 0 Å². The molecule has 3 rings (SSSR count). The third kappa shape index (κ3) is 4.26. The summed E-state index contributed by atoms with van der Waals surface area (Å²) in [5, 5.41) is 6.97. The minimum absolute atomic E-state index is 0.0594. The molecule has 8 heteroatoms. The first-order chi connectivity index (χ1) is 13.5. The van der Waals surface area contributed by atoms with Crippen LogP contribution in [0.5, 0.6) is 0 Å². The van der Waals surface area contributed by atoms with Gasteiger partial charge in [-0.2, -0.15) is 18.3 Å². The maximum Gasteiger partial charge on any atom is 0.417 e. The van der Waals surface area contributed by atoms with Gasteiger partial charge < -0.3 is 5.32 Å². The molecule has 29 heavy (non-hydrogen) atoms. The summed E-state index contributed by atoms with van der Waals surface area (Å²) in [5.74, 6) is -0.348. The normalized spacial score (nSPS) is 13.0. The van der Waals surface area contributed by atoms with E-state index in [1.807, 2.05) is 39.0 Å². The highest BCUT2D eigenvalue weighted by atomic mass is 19.4. The molecular weight excluding hydrogens is 381 g/mol. The molecule has 1 aromatic carbocycles. The van der Waals surface area contributed by atoms with E-state index in [9.17, 15) is 18.0 Å². The number of halogens is 3. The largest absolute Gasteiger partial charge is 0.417 e. The second kappa shape index (κ2) is 7.50. The second-order valence-electron chi connectivity index (χ2n) is 7.40. The first-order valence-electron chi connectivity index (χ1n) is 9.26. The summed E-state index contributed by atoms with van der Waals surface area (Å²) < 4.78 is 41.5. The molecule has 0 saturated carbocycles. The summed E-state index contributed by atoms with van der Waals surface area (Å²) in [6, 6.07) is 6.73. The number of pyridine rings is 1. The Morgan fingerprint density at radius 2 is 1.86 bits per heavy atom. The molecule has 0 radical (unpaired) electrons. The Balaban J connectivity index is 1.88. The first-order valence-corrected chi connectivity index (χ1v) is 9.26. The highest BCUT2D eigenvalue weighted by Gasteiger charge is 2.35. The lowest BCUT2D eigenvalue weighted by Gasteiger charge is -2.17. The van der Waals surface area contributed by atoms with Gasteiger partial charge in [0.05, 0.1) is 22.7 Å². The summed E-state index contributed by atoms with van der Waals surface area (Å²) >= 11 is 0. The zero-order chi connectivity index (χ0) is 21.5. The number of nitrogens with zero attached hydrogens (tertiary/aromatic N) is 3. The van der Waals surface area contributed by atoms with Gasteiger partial charge in [-0.05, 0) is 51.8 Å². The van der Waals surface area contributed by atoms with Gasteiger partial charge in [0, 0.05) is 5.69 Å². The summed E-state index contributed by atoms with van der Waals surface area (Å²) in [6.07, 6.45) is -4.52. The van der Waals surface area contributed by atoms with Crippen molar-refractivity contribution >= 4 is 16.9 Å². The highest BCUT2D eigenvalue weighted by molar-refractivity contribution is 5.85. The molecule has 1 atom stereocenters. The van der Waals surface area contributed by atoms with Gasteiger partial charge in [0.2, 0.25) is 5.91 Å². The van der Waals surface area contributed by atoms with Crippen molar-refractivity contribution in [1.82, 2.24) is 20.1 Å². The zero-order valence-corrected chi connectivity index (χ0v) is 17.0. The van der Waals surface area contributed by atoms with E-state index < -0.39 is 11.7 Å². The van der Waals surface area contributed by atoms with Crippen molar-refractivity contribution in [2.75, 3.05) is 0 Å². The van der Waals surface area contributed by atoms with Gasteiger partial charge in [0.1, 0.15) is 6.54 Å². The van der Waals surface area contributed by atoms with Crippen molar-refractivity contribution in [2.45, 2.75) is 53.4 Å².